The average Bonchev–Trinajstić information content (AvgIpc) is 3.19. The van der Waals surface area contributed by atoms with Crippen molar-refractivity contribution in [1.82, 2.24) is 19.6 Å². The summed E-state index contributed by atoms with van der Waals surface area (Å²) in [6.07, 6.45) is 12.7. The van der Waals surface area contributed by atoms with E-state index in [4.69, 9.17) is 4.98 Å². The third-order valence-electron chi connectivity index (χ3n) is 5.99. The number of rotatable bonds is 10. The standard InChI is InChI=1S/C27H32N4O/c1-21-9-11-23(12-10-21)27-25(20-30(16-6-18-32)17-15-28-2)31-19-24(13-14-26(31)29-27)22-7-4-3-5-8-22/h4,7-14,18-19,28H,3,5-6,15-17,20H2,1-2H3. The molecule has 2 aromatic heterocycles. The van der Waals surface area contributed by atoms with E-state index < -0.39 is 0 Å². The van der Waals surface area contributed by atoms with Gasteiger partial charge in [-0.2, -0.15) is 0 Å². The Kier molecular flexibility index (Phi) is 7.30. The van der Waals surface area contributed by atoms with Crippen LogP contribution in [0.5, 0.6) is 0 Å². The Morgan fingerprint density at radius 2 is 1.91 bits per heavy atom. The third-order valence-corrected chi connectivity index (χ3v) is 5.99. The largest absolute Gasteiger partial charge is 0.318 e. The summed E-state index contributed by atoms with van der Waals surface area (Å²) in [5, 5.41) is 3.23. The van der Waals surface area contributed by atoms with Crippen molar-refractivity contribution in [2.24, 2.45) is 0 Å². The highest BCUT2D eigenvalue weighted by atomic mass is 16.1. The second kappa shape index (κ2) is 10.5. The van der Waals surface area contributed by atoms with Gasteiger partial charge in [0, 0.05) is 44.4 Å². The van der Waals surface area contributed by atoms with E-state index in [2.05, 4.69) is 82.4 Å². The van der Waals surface area contributed by atoms with Crippen LogP contribution in [-0.2, 0) is 11.3 Å². The molecule has 1 N–H and O–H groups in total. The van der Waals surface area contributed by atoms with Gasteiger partial charge in [0.15, 0.2) is 0 Å². The number of hydrogen-bond acceptors (Lipinski definition) is 4. The molecule has 166 valence electrons. The number of carbonyl (C=O) groups excluding carboxylic acids is 1. The lowest BCUT2D eigenvalue weighted by Gasteiger charge is -2.22. The number of likely N-dealkylation sites (N-methyl/N-ethyl adjacent to an activating group) is 1. The Hall–Kier alpha value is -3.02. The second-order valence-electron chi connectivity index (χ2n) is 8.39. The quantitative estimate of drug-likeness (QED) is 0.478. The van der Waals surface area contributed by atoms with E-state index in [-0.39, 0.29) is 0 Å². The van der Waals surface area contributed by atoms with Crippen molar-refractivity contribution in [1.29, 1.82) is 0 Å². The molecule has 0 aliphatic heterocycles. The molecule has 5 heteroatoms. The number of fused-ring (bicyclic) bond motifs is 1. The van der Waals surface area contributed by atoms with Crippen molar-refractivity contribution in [3.05, 3.63) is 77.6 Å². The van der Waals surface area contributed by atoms with Gasteiger partial charge in [-0.3, -0.25) is 4.90 Å². The Morgan fingerprint density at radius 3 is 2.62 bits per heavy atom. The minimum atomic E-state index is 0.531. The van der Waals surface area contributed by atoms with E-state index in [0.717, 1.165) is 67.9 Å². The average molecular weight is 429 g/mol. The fourth-order valence-corrected chi connectivity index (χ4v) is 4.17. The minimum absolute atomic E-state index is 0.531. The van der Waals surface area contributed by atoms with Crippen molar-refractivity contribution >= 4 is 17.5 Å². The lowest BCUT2D eigenvalue weighted by Crippen LogP contribution is -2.32. The molecule has 32 heavy (non-hydrogen) atoms. The van der Waals surface area contributed by atoms with Gasteiger partial charge < -0.3 is 14.5 Å². The Balaban J connectivity index is 1.79. The fourth-order valence-electron chi connectivity index (χ4n) is 4.17. The molecule has 0 spiro atoms. The van der Waals surface area contributed by atoms with Crippen molar-refractivity contribution in [2.75, 3.05) is 26.7 Å². The predicted octanol–water partition coefficient (Wildman–Crippen LogP) is 4.65. The summed E-state index contributed by atoms with van der Waals surface area (Å²) in [7, 11) is 1.96. The maximum atomic E-state index is 11.1. The lowest BCUT2D eigenvalue weighted by atomic mass is 10.0. The van der Waals surface area contributed by atoms with E-state index in [1.807, 2.05) is 7.05 Å². The molecular weight excluding hydrogens is 396 g/mol. The molecule has 2 heterocycles. The number of allylic oxidation sites excluding steroid dienone is 4. The first-order valence-corrected chi connectivity index (χ1v) is 11.5. The molecule has 0 saturated heterocycles. The number of imidazole rings is 1. The SMILES string of the molecule is CNCCN(CCC=O)Cc1c(-c2ccc(C)cc2)nc2ccc(C3=CCCC=C3)cn12. The van der Waals surface area contributed by atoms with E-state index in [1.54, 1.807) is 0 Å². The first-order chi connectivity index (χ1) is 15.7. The number of nitrogens with one attached hydrogen (secondary N) is 1. The lowest BCUT2D eigenvalue weighted by molar-refractivity contribution is -0.108. The van der Waals surface area contributed by atoms with Crippen molar-refractivity contribution in [3.63, 3.8) is 0 Å². The summed E-state index contributed by atoms with van der Waals surface area (Å²) >= 11 is 0. The Bertz CT molecular complexity index is 1120. The Morgan fingerprint density at radius 1 is 1.09 bits per heavy atom. The monoisotopic (exact) mass is 428 g/mol. The number of carbonyl (C=O) groups is 1. The molecule has 0 amide bonds. The van der Waals surface area contributed by atoms with Crippen LogP contribution >= 0.6 is 0 Å². The van der Waals surface area contributed by atoms with Gasteiger partial charge in [0.2, 0.25) is 0 Å². The summed E-state index contributed by atoms with van der Waals surface area (Å²) in [6, 6.07) is 12.9. The van der Waals surface area contributed by atoms with Gasteiger partial charge in [0.1, 0.15) is 11.9 Å². The van der Waals surface area contributed by atoms with E-state index >= 15 is 0 Å². The van der Waals surface area contributed by atoms with Crippen LogP contribution in [0.25, 0.3) is 22.5 Å². The highest BCUT2D eigenvalue weighted by Crippen LogP contribution is 2.29. The van der Waals surface area contributed by atoms with E-state index in [0.29, 0.717) is 6.42 Å². The van der Waals surface area contributed by atoms with Crippen LogP contribution in [-0.4, -0.2) is 47.3 Å². The second-order valence-corrected chi connectivity index (χ2v) is 8.39. The van der Waals surface area contributed by atoms with Gasteiger partial charge in [-0.05, 0) is 50.1 Å². The van der Waals surface area contributed by atoms with Crippen LogP contribution in [0.4, 0.5) is 0 Å². The normalized spacial score (nSPS) is 13.7. The molecule has 3 aromatic rings. The molecule has 4 rings (SSSR count). The number of pyridine rings is 1. The van der Waals surface area contributed by atoms with Crippen LogP contribution in [0.15, 0.2) is 60.8 Å². The maximum absolute atomic E-state index is 11.1. The fraction of sp³-hybridized carbons (Fsp3) is 0.333. The first-order valence-electron chi connectivity index (χ1n) is 11.5. The van der Waals surface area contributed by atoms with Crippen LogP contribution < -0.4 is 5.32 Å². The third kappa shape index (κ3) is 5.06. The number of aromatic nitrogens is 2. The summed E-state index contributed by atoms with van der Waals surface area (Å²) in [5.41, 5.74) is 7.95. The summed E-state index contributed by atoms with van der Waals surface area (Å²) in [4.78, 5) is 18.4. The molecule has 0 atom stereocenters. The number of aryl methyl sites for hydroxylation is 1. The van der Waals surface area contributed by atoms with Gasteiger partial charge >= 0.3 is 0 Å². The molecule has 0 radical (unpaired) electrons. The predicted molar refractivity (Wildman–Crippen MR) is 132 cm³/mol. The molecule has 1 aromatic carbocycles. The molecule has 1 aliphatic carbocycles. The first kappa shape index (κ1) is 22.2. The van der Waals surface area contributed by atoms with Gasteiger partial charge in [-0.1, -0.05) is 48.1 Å². The molecule has 0 unspecified atom stereocenters. The van der Waals surface area contributed by atoms with Gasteiger partial charge in [-0.15, -0.1) is 0 Å². The van der Waals surface area contributed by atoms with E-state index in [1.165, 1.54) is 16.7 Å². The molecule has 0 saturated carbocycles. The van der Waals surface area contributed by atoms with Crippen LogP contribution in [0.3, 0.4) is 0 Å². The number of nitrogens with zero attached hydrogens (tertiary/aromatic N) is 3. The zero-order valence-electron chi connectivity index (χ0n) is 19.1. The summed E-state index contributed by atoms with van der Waals surface area (Å²) in [5.74, 6) is 0. The zero-order chi connectivity index (χ0) is 22.3. The highest BCUT2D eigenvalue weighted by molar-refractivity contribution is 5.76. The molecule has 0 fully saturated rings. The molecular formula is C27H32N4O. The highest BCUT2D eigenvalue weighted by Gasteiger charge is 2.18. The molecule has 5 nitrogen and oxygen atoms in total. The number of benzene rings is 1. The van der Waals surface area contributed by atoms with Gasteiger partial charge in [0.05, 0.1) is 11.4 Å². The molecule has 1 aliphatic rings. The van der Waals surface area contributed by atoms with Crippen molar-refractivity contribution in [2.45, 2.75) is 32.7 Å². The van der Waals surface area contributed by atoms with Crippen LogP contribution in [0.2, 0.25) is 0 Å². The smallest absolute Gasteiger partial charge is 0.137 e. The van der Waals surface area contributed by atoms with Crippen molar-refractivity contribution < 1.29 is 4.79 Å². The maximum Gasteiger partial charge on any atom is 0.137 e. The zero-order valence-corrected chi connectivity index (χ0v) is 19.1. The van der Waals surface area contributed by atoms with Crippen LogP contribution in [0, 0.1) is 6.92 Å². The topological polar surface area (TPSA) is 49.6 Å². The number of hydrogen-bond donors (Lipinski definition) is 1. The van der Waals surface area contributed by atoms with Crippen molar-refractivity contribution in [3.8, 4) is 11.3 Å². The van der Waals surface area contributed by atoms with Crippen LogP contribution in [0.1, 0.15) is 36.1 Å². The van der Waals surface area contributed by atoms with Gasteiger partial charge in [-0.25, -0.2) is 4.98 Å². The summed E-state index contributed by atoms with van der Waals surface area (Å²) in [6.45, 7) is 5.32. The van der Waals surface area contributed by atoms with E-state index in [9.17, 15) is 4.79 Å². The Labute approximate surface area is 190 Å². The summed E-state index contributed by atoms with van der Waals surface area (Å²) < 4.78 is 2.24. The van der Waals surface area contributed by atoms with Gasteiger partial charge in [0.25, 0.3) is 0 Å². The minimum Gasteiger partial charge on any atom is -0.318 e. The molecule has 0 bridgehead atoms. The number of aldehydes is 1.